The molecule has 9 aromatic rings. The molecule has 2 aliphatic heterocycles. The molecule has 0 saturated heterocycles. The van der Waals surface area contributed by atoms with Gasteiger partial charge in [0, 0.05) is 55.4 Å². The number of hydrogen-bond donors (Lipinski definition) is 0. The lowest BCUT2D eigenvalue weighted by molar-refractivity contribution is 0.590. The van der Waals surface area contributed by atoms with Crippen molar-refractivity contribution >= 4 is 67.6 Å². The molecule has 0 bridgehead atoms. The Morgan fingerprint density at radius 2 is 1.10 bits per heavy atom. The number of hydrogen-bond acceptors (Lipinski definition) is 2. The maximum Gasteiger partial charge on any atom is 0.333 e. The van der Waals surface area contributed by atoms with Crippen molar-refractivity contribution < 1.29 is 4.42 Å². The predicted octanol–water partition coefficient (Wildman–Crippen LogP) is 14.2. The first-order valence-corrected chi connectivity index (χ1v) is 21.5. The molecule has 0 spiro atoms. The van der Waals surface area contributed by atoms with Crippen LogP contribution in [0.5, 0.6) is 0 Å². The summed E-state index contributed by atoms with van der Waals surface area (Å²) in [7, 11) is 0. The van der Waals surface area contributed by atoms with Crippen LogP contribution in [0.3, 0.4) is 0 Å². The van der Waals surface area contributed by atoms with Gasteiger partial charge in [-0.25, -0.2) is 0 Å². The van der Waals surface area contributed by atoms with Crippen molar-refractivity contribution in [1.29, 1.82) is 0 Å². The van der Waals surface area contributed by atoms with E-state index in [2.05, 4.69) is 211 Å². The molecule has 294 valence electrons. The highest BCUT2D eigenvalue weighted by Gasteiger charge is 2.45. The van der Waals surface area contributed by atoms with Crippen molar-refractivity contribution in [2.24, 2.45) is 0 Å². The highest BCUT2D eigenvalue weighted by Crippen LogP contribution is 2.50. The zero-order chi connectivity index (χ0) is 41.5. The Morgan fingerprint density at radius 1 is 0.500 bits per heavy atom. The van der Waals surface area contributed by atoms with Gasteiger partial charge in [0.25, 0.3) is 0 Å². The Bertz CT molecular complexity index is 3140. The molecule has 3 nitrogen and oxygen atoms in total. The smallest absolute Gasteiger partial charge is 0.333 e. The molecule has 0 unspecified atom stereocenters. The third-order valence-electron chi connectivity index (χ3n) is 13.3. The van der Waals surface area contributed by atoms with Crippen molar-refractivity contribution in [1.82, 2.24) is 4.48 Å². The highest BCUT2D eigenvalue weighted by atomic mass is 16.3. The summed E-state index contributed by atoms with van der Waals surface area (Å²) in [6.45, 7) is 20.9. The van der Waals surface area contributed by atoms with Crippen LogP contribution >= 0.6 is 0 Å². The third kappa shape index (κ3) is 5.49. The average molecular weight is 779 g/mol. The molecule has 4 heteroatoms. The SMILES string of the molecule is CC(C)(C)c1ccc2c(c1)N(c1cc(-c3ccccc3)cc(-c3ccccc3)c1)c1cc3ccoc3c3c1B2n1c2ccc(C(C)(C)C)cc2c2cc(C(C)(C)C)cc-3c21. The Kier molecular flexibility index (Phi) is 7.75. The minimum Gasteiger partial charge on any atom is -0.464 e. The Hall–Kier alpha value is -6.26. The van der Waals surface area contributed by atoms with Gasteiger partial charge >= 0.3 is 6.85 Å². The van der Waals surface area contributed by atoms with Crippen molar-refractivity contribution in [3.63, 3.8) is 0 Å². The van der Waals surface area contributed by atoms with Crippen LogP contribution < -0.4 is 15.8 Å². The maximum atomic E-state index is 6.62. The average Bonchev–Trinajstić information content (AvgIpc) is 3.84. The van der Waals surface area contributed by atoms with Gasteiger partial charge in [-0.15, -0.1) is 0 Å². The molecule has 0 N–H and O–H groups in total. The van der Waals surface area contributed by atoms with Crippen molar-refractivity contribution in [2.45, 2.75) is 78.6 Å². The van der Waals surface area contributed by atoms with E-state index in [4.69, 9.17) is 4.42 Å². The van der Waals surface area contributed by atoms with E-state index in [1.807, 2.05) is 6.26 Å². The molecule has 0 fully saturated rings. The molecular weight excluding hydrogens is 727 g/mol. The van der Waals surface area contributed by atoms with E-state index in [1.54, 1.807) is 0 Å². The molecule has 11 rings (SSSR count). The van der Waals surface area contributed by atoms with E-state index in [-0.39, 0.29) is 23.1 Å². The summed E-state index contributed by atoms with van der Waals surface area (Å²) in [5.74, 6) is 0. The molecule has 60 heavy (non-hydrogen) atoms. The number of benzene rings is 7. The highest BCUT2D eigenvalue weighted by molar-refractivity contribution is 6.90. The Labute approximate surface area is 354 Å². The van der Waals surface area contributed by atoms with Gasteiger partial charge < -0.3 is 13.8 Å². The lowest BCUT2D eigenvalue weighted by Gasteiger charge is -2.41. The molecule has 0 radical (unpaired) electrons. The summed E-state index contributed by atoms with van der Waals surface area (Å²) in [6.07, 6.45) is 1.88. The van der Waals surface area contributed by atoms with E-state index in [0.29, 0.717) is 0 Å². The number of nitrogens with zero attached hydrogens (tertiary/aromatic N) is 2. The van der Waals surface area contributed by atoms with Crippen molar-refractivity contribution in [3.8, 4) is 33.4 Å². The van der Waals surface area contributed by atoms with Gasteiger partial charge in [0.1, 0.15) is 5.58 Å². The number of rotatable bonds is 3. The number of fused-ring (bicyclic) bond motifs is 9. The first kappa shape index (κ1) is 36.8. The molecule has 2 aliphatic rings. The maximum absolute atomic E-state index is 6.62. The monoisotopic (exact) mass is 778 g/mol. The Balaban J connectivity index is 1.31. The molecular formula is C56H51BN2O. The fourth-order valence-corrected chi connectivity index (χ4v) is 9.98. The minimum atomic E-state index is -0.0795. The molecule has 0 saturated carbocycles. The third-order valence-corrected chi connectivity index (χ3v) is 13.3. The molecule has 0 atom stereocenters. The molecule has 0 aliphatic carbocycles. The van der Waals surface area contributed by atoms with Crippen LogP contribution in [0, 0.1) is 0 Å². The normalized spacial score (nSPS) is 13.7. The van der Waals surface area contributed by atoms with Gasteiger partial charge in [-0.2, -0.15) is 0 Å². The van der Waals surface area contributed by atoms with E-state index in [9.17, 15) is 0 Å². The second kappa shape index (κ2) is 12.6. The molecule has 4 heterocycles. The largest absolute Gasteiger partial charge is 0.464 e. The van der Waals surface area contributed by atoms with Gasteiger partial charge in [-0.1, -0.05) is 141 Å². The van der Waals surface area contributed by atoms with Gasteiger partial charge in [0.15, 0.2) is 0 Å². The summed E-state index contributed by atoms with van der Waals surface area (Å²) < 4.78 is 9.30. The fraction of sp³-hybridized carbons (Fsp3) is 0.214. The van der Waals surface area contributed by atoms with E-state index in [0.717, 1.165) is 16.7 Å². The minimum absolute atomic E-state index is 0.0118. The summed E-state index contributed by atoms with van der Waals surface area (Å²) in [5.41, 5.74) is 20.7. The van der Waals surface area contributed by atoms with Gasteiger partial charge in [0.2, 0.25) is 0 Å². The van der Waals surface area contributed by atoms with Gasteiger partial charge in [0.05, 0.1) is 6.26 Å². The van der Waals surface area contributed by atoms with Crippen LogP contribution in [-0.4, -0.2) is 11.3 Å². The van der Waals surface area contributed by atoms with E-state index >= 15 is 0 Å². The van der Waals surface area contributed by atoms with Gasteiger partial charge in [-0.05, 0) is 127 Å². The predicted molar refractivity (Wildman–Crippen MR) is 257 cm³/mol. The van der Waals surface area contributed by atoms with Crippen molar-refractivity contribution in [2.75, 3.05) is 4.90 Å². The topological polar surface area (TPSA) is 21.3 Å². The summed E-state index contributed by atoms with van der Waals surface area (Å²) in [5, 5.41) is 3.74. The first-order chi connectivity index (χ1) is 28.6. The van der Waals surface area contributed by atoms with Crippen LogP contribution in [0.25, 0.3) is 66.2 Å². The van der Waals surface area contributed by atoms with Crippen molar-refractivity contribution in [3.05, 3.63) is 162 Å². The van der Waals surface area contributed by atoms with E-state index < -0.39 is 0 Å². The first-order valence-electron chi connectivity index (χ1n) is 21.5. The summed E-state index contributed by atoms with van der Waals surface area (Å²) in [6, 6.07) is 52.8. The van der Waals surface area contributed by atoms with Crippen LogP contribution in [0.15, 0.2) is 150 Å². The molecule has 0 amide bonds. The number of anilines is 3. The van der Waals surface area contributed by atoms with Crippen LogP contribution in [-0.2, 0) is 16.2 Å². The van der Waals surface area contributed by atoms with Crippen LogP contribution in [0.4, 0.5) is 17.1 Å². The second-order valence-corrected chi connectivity index (χ2v) is 20.3. The Morgan fingerprint density at radius 3 is 1.73 bits per heavy atom. The summed E-state index contributed by atoms with van der Waals surface area (Å²) >= 11 is 0. The number of aromatic nitrogens is 1. The fourth-order valence-electron chi connectivity index (χ4n) is 9.98. The van der Waals surface area contributed by atoms with Gasteiger partial charge in [-0.3, -0.25) is 0 Å². The zero-order valence-electron chi connectivity index (χ0n) is 36.2. The lowest BCUT2D eigenvalue weighted by atomic mass is 9.44. The summed E-state index contributed by atoms with van der Waals surface area (Å²) in [4.78, 5) is 2.57. The lowest BCUT2D eigenvalue weighted by Crippen LogP contribution is -2.56. The number of furan rings is 1. The zero-order valence-corrected chi connectivity index (χ0v) is 36.2. The molecule has 2 aromatic heterocycles. The molecule has 7 aromatic carbocycles. The second-order valence-electron chi connectivity index (χ2n) is 20.3. The van der Waals surface area contributed by atoms with Crippen LogP contribution in [0.1, 0.15) is 79.0 Å². The van der Waals surface area contributed by atoms with E-state index in [1.165, 1.54) is 94.2 Å². The standard InChI is InChI=1S/C56H51BN2O/c1-54(2,3)39-21-23-47-43(30-39)44-31-41(56(7,8)9)32-45-50-51-49(29-36-24-25-60-53(36)50)58(48-33-40(55(4,5)6)20-22-46(48)57(51)59(47)52(44)45)42-27-37(34-16-12-10-13-17-34)26-38(28-42)35-18-14-11-15-19-35/h10-33H,1-9H3. The van der Waals surface area contributed by atoms with Crippen LogP contribution in [0.2, 0.25) is 0 Å². The quantitative estimate of drug-likeness (QED) is 0.167.